The maximum atomic E-state index is 12.2. The first-order chi connectivity index (χ1) is 11.4. The maximum Gasteiger partial charge on any atom is 0.178 e. The lowest BCUT2D eigenvalue weighted by atomic mass is 9.52. The molecule has 3 nitrogen and oxygen atoms in total. The van der Waals surface area contributed by atoms with Crippen LogP contribution in [0.4, 0.5) is 0 Å². The number of hydrogen-bond acceptors (Lipinski definition) is 3. The van der Waals surface area contributed by atoms with Gasteiger partial charge < -0.3 is 5.11 Å². The third kappa shape index (κ3) is 2.00. The highest BCUT2D eigenvalue weighted by atomic mass is 16.3. The van der Waals surface area contributed by atoms with Crippen LogP contribution >= 0.6 is 0 Å². The molecule has 5 atom stereocenters. The molecule has 128 valence electrons. The number of carbonyl (C=O) groups excluding carboxylic acids is 2. The molecule has 0 heterocycles. The number of Topliss-reactive ketones (excluding diaryl/α,β-unsaturated/α-hetero) is 1. The van der Waals surface area contributed by atoms with Crippen LogP contribution in [0.2, 0.25) is 0 Å². The summed E-state index contributed by atoms with van der Waals surface area (Å²) in [5.41, 5.74) is 2.59. The Balaban J connectivity index is 1.73. The number of allylic oxidation sites excluding steroid dienone is 6. The molecule has 0 aliphatic heterocycles. The van der Waals surface area contributed by atoms with Crippen LogP contribution in [-0.2, 0) is 9.59 Å². The first kappa shape index (κ1) is 16.0. The fraction of sp³-hybridized carbons (Fsp3) is 0.619. The largest absolute Gasteiger partial charge is 0.389 e. The van der Waals surface area contributed by atoms with E-state index in [2.05, 4.69) is 26.0 Å². The third-order valence-electron chi connectivity index (χ3n) is 7.49. The number of rotatable bonds is 2. The van der Waals surface area contributed by atoms with Gasteiger partial charge in [0.05, 0.1) is 0 Å². The summed E-state index contributed by atoms with van der Waals surface area (Å²) in [5, 5.41) is 9.34. The van der Waals surface area contributed by atoms with Crippen LogP contribution in [-0.4, -0.2) is 23.3 Å². The molecule has 0 bridgehead atoms. The number of fused-ring (bicyclic) bond motifs is 5. The Hall–Kier alpha value is -1.48. The minimum absolute atomic E-state index is 0.00137. The zero-order valence-electron chi connectivity index (χ0n) is 14.5. The average Bonchev–Trinajstić information content (AvgIpc) is 2.92. The Morgan fingerprint density at radius 1 is 1.29 bits per heavy atom. The van der Waals surface area contributed by atoms with Crippen molar-refractivity contribution in [1.82, 2.24) is 0 Å². The molecule has 2 saturated carbocycles. The summed E-state index contributed by atoms with van der Waals surface area (Å²) in [7, 11) is 0. The van der Waals surface area contributed by atoms with Gasteiger partial charge in [-0.05, 0) is 68.4 Å². The molecular weight excluding hydrogens is 300 g/mol. The molecule has 24 heavy (non-hydrogen) atoms. The van der Waals surface area contributed by atoms with E-state index in [1.54, 1.807) is 6.08 Å². The van der Waals surface area contributed by atoms with Gasteiger partial charge in [0, 0.05) is 11.3 Å². The van der Waals surface area contributed by atoms with E-state index in [-0.39, 0.29) is 34.9 Å². The molecule has 0 amide bonds. The summed E-state index contributed by atoms with van der Waals surface area (Å²) in [5.74, 6) is 1.14. The van der Waals surface area contributed by atoms with E-state index >= 15 is 0 Å². The molecule has 2 fully saturated rings. The smallest absolute Gasteiger partial charge is 0.178 e. The van der Waals surface area contributed by atoms with Crippen molar-refractivity contribution in [2.75, 3.05) is 6.61 Å². The second kappa shape index (κ2) is 5.26. The number of aliphatic hydroxyl groups excluding tert-OH is 1. The van der Waals surface area contributed by atoms with Crippen LogP contribution in [0.5, 0.6) is 0 Å². The molecule has 4 aliphatic rings. The summed E-state index contributed by atoms with van der Waals surface area (Å²) in [6, 6.07) is 0. The third-order valence-corrected chi connectivity index (χ3v) is 7.49. The number of carbonyl (C=O) groups is 2. The standard InChI is InChI=1S/C21H26O3/c1-20-9-7-14(23)11-13(20)3-4-15-16-5-6-18(19(24)12-22)21(16,2)10-8-17(15)20/h7-9,11,15-16,18,22H,3-6,10,12H2,1-2H3/t15?,16?,18?,20-,21?/m0/s1. The molecule has 0 radical (unpaired) electrons. The Morgan fingerprint density at radius 2 is 2.08 bits per heavy atom. The molecule has 0 saturated heterocycles. The highest BCUT2D eigenvalue weighted by Crippen LogP contribution is 2.63. The summed E-state index contributed by atoms with van der Waals surface area (Å²) >= 11 is 0. The molecule has 4 rings (SSSR count). The monoisotopic (exact) mass is 326 g/mol. The van der Waals surface area contributed by atoms with E-state index in [0.29, 0.717) is 11.8 Å². The summed E-state index contributed by atoms with van der Waals surface area (Å²) < 4.78 is 0. The Morgan fingerprint density at radius 3 is 2.83 bits per heavy atom. The van der Waals surface area contributed by atoms with Gasteiger partial charge in [0.25, 0.3) is 0 Å². The second-order valence-corrected chi connectivity index (χ2v) is 8.48. The van der Waals surface area contributed by atoms with Crippen LogP contribution < -0.4 is 0 Å². The van der Waals surface area contributed by atoms with Gasteiger partial charge in [-0.2, -0.15) is 0 Å². The van der Waals surface area contributed by atoms with Crippen LogP contribution in [0.15, 0.2) is 35.5 Å². The fourth-order valence-electron chi connectivity index (χ4n) is 6.16. The minimum atomic E-state index is -0.330. The topological polar surface area (TPSA) is 54.4 Å². The van der Waals surface area contributed by atoms with E-state index in [1.807, 2.05) is 6.08 Å². The lowest BCUT2D eigenvalue weighted by Gasteiger charge is -2.52. The summed E-state index contributed by atoms with van der Waals surface area (Å²) in [4.78, 5) is 24.0. The number of ketones is 2. The van der Waals surface area contributed by atoms with E-state index in [9.17, 15) is 14.7 Å². The highest BCUT2D eigenvalue weighted by molar-refractivity contribution is 6.01. The van der Waals surface area contributed by atoms with Crippen molar-refractivity contribution in [1.29, 1.82) is 0 Å². The molecule has 1 N–H and O–H groups in total. The summed E-state index contributed by atoms with van der Waals surface area (Å²) in [6.45, 7) is 4.17. The van der Waals surface area contributed by atoms with Crippen LogP contribution in [0.25, 0.3) is 0 Å². The van der Waals surface area contributed by atoms with Crippen LogP contribution in [0, 0.1) is 28.6 Å². The van der Waals surface area contributed by atoms with E-state index in [0.717, 1.165) is 32.1 Å². The van der Waals surface area contributed by atoms with Crippen molar-refractivity contribution >= 4 is 11.6 Å². The van der Waals surface area contributed by atoms with Gasteiger partial charge in [-0.25, -0.2) is 0 Å². The molecule has 4 aliphatic carbocycles. The van der Waals surface area contributed by atoms with Crippen molar-refractivity contribution in [3.05, 3.63) is 35.5 Å². The zero-order chi connectivity index (χ0) is 17.1. The molecular formula is C21H26O3. The van der Waals surface area contributed by atoms with Gasteiger partial charge in [0.2, 0.25) is 0 Å². The normalized spacial score (nSPS) is 43.5. The van der Waals surface area contributed by atoms with Crippen molar-refractivity contribution in [2.45, 2.75) is 46.0 Å². The fourth-order valence-corrected chi connectivity index (χ4v) is 6.16. The Labute approximate surface area is 143 Å². The molecule has 0 spiro atoms. The number of hydrogen-bond donors (Lipinski definition) is 1. The van der Waals surface area contributed by atoms with Crippen molar-refractivity contribution in [3.8, 4) is 0 Å². The van der Waals surface area contributed by atoms with Gasteiger partial charge in [-0.1, -0.05) is 30.2 Å². The molecule has 0 aromatic carbocycles. The van der Waals surface area contributed by atoms with E-state index < -0.39 is 0 Å². The van der Waals surface area contributed by atoms with Crippen molar-refractivity contribution in [2.24, 2.45) is 28.6 Å². The highest BCUT2D eigenvalue weighted by Gasteiger charge is 2.56. The van der Waals surface area contributed by atoms with Crippen LogP contribution in [0.3, 0.4) is 0 Å². The van der Waals surface area contributed by atoms with Crippen molar-refractivity contribution < 1.29 is 14.7 Å². The SMILES string of the molecule is CC12CC=C3C(CCC4=CC(=O)C=C[C@@]43C)C1CCC2C(=O)CO. The van der Waals surface area contributed by atoms with Gasteiger partial charge in [0.15, 0.2) is 11.6 Å². The molecule has 0 aromatic rings. The van der Waals surface area contributed by atoms with Gasteiger partial charge in [-0.15, -0.1) is 0 Å². The lowest BCUT2D eigenvalue weighted by molar-refractivity contribution is -0.129. The molecule has 4 unspecified atom stereocenters. The summed E-state index contributed by atoms with van der Waals surface area (Å²) in [6.07, 6.45) is 12.9. The number of aliphatic hydroxyl groups is 1. The first-order valence-electron chi connectivity index (χ1n) is 9.18. The van der Waals surface area contributed by atoms with Crippen LogP contribution in [0.1, 0.15) is 46.0 Å². The first-order valence-corrected chi connectivity index (χ1v) is 9.18. The average molecular weight is 326 g/mol. The van der Waals surface area contributed by atoms with Gasteiger partial charge in [0.1, 0.15) is 6.61 Å². The van der Waals surface area contributed by atoms with E-state index in [4.69, 9.17) is 0 Å². The Bertz CT molecular complexity index is 698. The predicted octanol–water partition coefficient (Wildman–Crippen LogP) is 3.39. The zero-order valence-corrected chi connectivity index (χ0v) is 14.5. The lowest BCUT2D eigenvalue weighted by Crippen LogP contribution is -2.45. The van der Waals surface area contributed by atoms with Crippen molar-refractivity contribution in [3.63, 3.8) is 0 Å². The minimum Gasteiger partial charge on any atom is -0.389 e. The predicted molar refractivity (Wildman–Crippen MR) is 92.2 cm³/mol. The molecule has 0 aromatic heterocycles. The quantitative estimate of drug-likeness (QED) is 0.791. The second-order valence-electron chi connectivity index (χ2n) is 8.48. The Kier molecular flexibility index (Phi) is 3.51. The van der Waals surface area contributed by atoms with Gasteiger partial charge in [-0.3, -0.25) is 9.59 Å². The van der Waals surface area contributed by atoms with Gasteiger partial charge >= 0.3 is 0 Å². The maximum absolute atomic E-state index is 12.2. The molecule has 3 heteroatoms. The van der Waals surface area contributed by atoms with E-state index in [1.165, 1.54) is 11.1 Å².